The Morgan fingerprint density at radius 3 is 2.78 bits per heavy atom. The van der Waals surface area contributed by atoms with Gasteiger partial charge in [-0.05, 0) is 11.6 Å². The van der Waals surface area contributed by atoms with Crippen LogP contribution >= 0.6 is 0 Å². The van der Waals surface area contributed by atoms with Gasteiger partial charge in [-0.25, -0.2) is 8.78 Å². The van der Waals surface area contributed by atoms with Crippen LogP contribution < -0.4 is 5.32 Å². The zero-order chi connectivity index (χ0) is 23.1. The lowest BCUT2D eigenvalue weighted by atomic mass is 10.1. The van der Waals surface area contributed by atoms with E-state index in [0.717, 1.165) is 23.4 Å². The van der Waals surface area contributed by atoms with Gasteiger partial charge in [0.15, 0.2) is 0 Å². The average molecular weight is 465 g/mol. The van der Waals surface area contributed by atoms with Crippen molar-refractivity contribution in [3.63, 3.8) is 0 Å². The molecule has 2 N–H and O–H groups in total. The summed E-state index contributed by atoms with van der Waals surface area (Å²) >= 11 is 0. The number of amides is 1. The maximum Gasteiger partial charge on any atom is 0.416 e. The first-order chi connectivity index (χ1) is 15.0. The van der Waals surface area contributed by atoms with Gasteiger partial charge in [0, 0.05) is 44.9 Å². The van der Waals surface area contributed by atoms with Gasteiger partial charge in [0.2, 0.25) is 5.91 Å². The number of nitrogens with zero attached hydrogens (tertiary/aromatic N) is 2. The molecule has 3 fully saturated rings. The van der Waals surface area contributed by atoms with Crippen molar-refractivity contribution in [2.24, 2.45) is 0 Å². The van der Waals surface area contributed by atoms with Crippen molar-refractivity contribution < 1.29 is 41.3 Å². The predicted octanol–water partition coefficient (Wildman–Crippen LogP) is 1.73. The Balaban J connectivity index is 1.24. The SMILES string of the molecule is O=C(CC1CC2OC(CNCc3cnccc3C(F)(F)F)C(O)C2O1)N1CCC(F)(F)C1. The third-order valence-electron chi connectivity index (χ3n) is 6.07. The minimum Gasteiger partial charge on any atom is -0.388 e. The van der Waals surface area contributed by atoms with Gasteiger partial charge in [-0.2, -0.15) is 13.2 Å². The van der Waals surface area contributed by atoms with Crippen LogP contribution in [0.15, 0.2) is 18.5 Å². The van der Waals surface area contributed by atoms with E-state index in [2.05, 4.69) is 10.3 Å². The first-order valence-corrected chi connectivity index (χ1v) is 10.4. The molecule has 3 aliphatic heterocycles. The normalized spacial score (nSPS) is 31.8. The molecule has 178 valence electrons. The molecule has 5 atom stereocenters. The highest BCUT2D eigenvalue weighted by molar-refractivity contribution is 5.77. The van der Waals surface area contributed by atoms with Crippen LogP contribution in [-0.4, -0.2) is 77.0 Å². The Morgan fingerprint density at radius 2 is 2.12 bits per heavy atom. The number of halogens is 5. The van der Waals surface area contributed by atoms with Crippen LogP contribution in [0.2, 0.25) is 0 Å². The summed E-state index contributed by atoms with van der Waals surface area (Å²) in [6.07, 6.45) is -5.78. The highest BCUT2D eigenvalue weighted by Gasteiger charge is 2.51. The summed E-state index contributed by atoms with van der Waals surface area (Å²) in [6.45, 7) is -0.601. The van der Waals surface area contributed by atoms with Crippen LogP contribution in [0, 0.1) is 0 Å². The largest absolute Gasteiger partial charge is 0.416 e. The second-order valence-corrected chi connectivity index (χ2v) is 8.45. The zero-order valence-corrected chi connectivity index (χ0v) is 17.0. The summed E-state index contributed by atoms with van der Waals surface area (Å²) in [6, 6.07) is 0.904. The maximum atomic E-state index is 13.3. The lowest BCUT2D eigenvalue weighted by Crippen LogP contribution is -2.39. The molecule has 3 saturated heterocycles. The number of nitrogens with one attached hydrogen (secondary N) is 1. The van der Waals surface area contributed by atoms with Gasteiger partial charge in [0.05, 0.1) is 36.8 Å². The second-order valence-electron chi connectivity index (χ2n) is 8.45. The van der Waals surface area contributed by atoms with E-state index in [1.165, 1.54) is 0 Å². The van der Waals surface area contributed by atoms with Crippen molar-refractivity contribution in [2.75, 3.05) is 19.6 Å². The van der Waals surface area contributed by atoms with E-state index in [9.17, 15) is 31.9 Å². The summed E-state index contributed by atoms with van der Waals surface area (Å²) in [5.41, 5.74) is -0.800. The minimum atomic E-state index is -4.49. The molecule has 32 heavy (non-hydrogen) atoms. The van der Waals surface area contributed by atoms with Crippen LogP contribution in [0.3, 0.4) is 0 Å². The molecule has 0 aromatic carbocycles. The molecule has 1 amide bonds. The number of hydrogen-bond donors (Lipinski definition) is 2. The van der Waals surface area contributed by atoms with E-state index in [-0.39, 0.29) is 38.0 Å². The van der Waals surface area contributed by atoms with Crippen molar-refractivity contribution in [1.82, 2.24) is 15.2 Å². The fourth-order valence-corrected chi connectivity index (χ4v) is 4.48. The Morgan fingerprint density at radius 1 is 1.34 bits per heavy atom. The second kappa shape index (κ2) is 8.81. The number of aromatic nitrogens is 1. The van der Waals surface area contributed by atoms with Crippen LogP contribution in [0.25, 0.3) is 0 Å². The third-order valence-corrected chi connectivity index (χ3v) is 6.07. The van der Waals surface area contributed by atoms with Crippen molar-refractivity contribution in [3.8, 4) is 0 Å². The van der Waals surface area contributed by atoms with E-state index in [1.807, 2.05) is 0 Å². The lowest BCUT2D eigenvalue weighted by molar-refractivity contribution is -0.138. The number of hydrogen-bond acceptors (Lipinski definition) is 6. The van der Waals surface area contributed by atoms with Gasteiger partial charge in [-0.15, -0.1) is 0 Å². The summed E-state index contributed by atoms with van der Waals surface area (Å²) in [7, 11) is 0. The molecule has 12 heteroatoms. The fraction of sp³-hybridized carbons (Fsp3) is 0.700. The number of likely N-dealkylation sites (tertiary alicyclic amines) is 1. The first-order valence-electron chi connectivity index (χ1n) is 10.4. The predicted molar refractivity (Wildman–Crippen MR) is 99.7 cm³/mol. The van der Waals surface area contributed by atoms with E-state index in [0.29, 0.717) is 6.42 Å². The van der Waals surface area contributed by atoms with E-state index in [1.54, 1.807) is 0 Å². The Hall–Kier alpha value is -1.89. The average Bonchev–Trinajstić information content (AvgIpc) is 3.36. The van der Waals surface area contributed by atoms with E-state index in [4.69, 9.17) is 9.47 Å². The summed E-state index contributed by atoms with van der Waals surface area (Å²) in [5, 5.41) is 13.3. The van der Waals surface area contributed by atoms with Gasteiger partial charge < -0.3 is 24.8 Å². The molecule has 1 aromatic heterocycles. The summed E-state index contributed by atoms with van der Waals surface area (Å²) in [5.74, 6) is -3.28. The lowest BCUT2D eigenvalue weighted by Gasteiger charge is -2.22. The van der Waals surface area contributed by atoms with Crippen molar-refractivity contribution in [2.45, 2.75) is 68.4 Å². The van der Waals surface area contributed by atoms with Gasteiger partial charge in [-0.1, -0.05) is 0 Å². The molecule has 0 aliphatic carbocycles. The standard InChI is InChI=1S/C20H24F5N3O4/c21-19(22)2-4-28(10-19)16(29)6-12-5-14-18(31-12)17(30)15(32-14)9-27-8-11-7-26-3-1-13(11)20(23,24)25/h1,3,7,12,14-15,17-18,27,30H,2,4-6,8-10H2. The summed E-state index contributed by atoms with van der Waals surface area (Å²) in [4.78, 5) is 17.1. The van der Waals surface area contributed by atoms with Gasteiger partial charge in [0.1, 0.15) is 12.2 Å². The number of aliphatic hydroxyl groups excluding tert-OH is 1. The Kier molecular flexibility index (Phi) is 6.40. The highest BCUT2D eigenvalue weighted by Crippen LogP contribution is 2.36. The Bertz CT molecular complexity index is 840. The van der Waals surface area contributed by atoms with Crippen LogP contribution in [0.5, 0.6) is 0 Å². The molecule has 4 rings (SSSR count). The van der Waals surface area contributed by atoms with E-state index < -0.39 is 60.6 Å². The number of rotatable bonds is 6. The monoisotopic (exact) mass is 465 g/mol. The van der Waals surface area contributed by atoms with Gasteiger partial charge >= 0.3 is 6.18 Å². The van der Waals surface area contributed by atoms with E-state index >= 15 is 0 Å². The smallest absolute Gasteiger partial charge is 0.388 e. The highest BCUT2D eigenvalue weighted by atomic mass is 19.4. The van der Waals surface area contributed by atoms with Crippen molar-refractivity contribution in [3.05, 3.63) is 29.6 Å². The number of carbonyl (C=O) groups excluding carboxylic acids is 1. The molecule has 7 nitrogen and oxygen atoms in total. The molecular weight excluding hydrogens is 441 g/mol. The molecular formula is C20H24F5N3O4. The number of fused-ring (bicyclic) bond motifs is 1. The number of ether oxygens (including phenoxy) is 2. The van der Waals surface area contributed by atoms with Crippen LogP contribution in [0.4, 0.5) is 22.0 Å². The Labute approximate surface area is 180 Å². The quantitative estimate of drug-likeness (QED) is 0.623. The topological polar surface area (TPSA) is 83.9 Å². The first kappa shape index (κ1) is 23.3. The minimum absolute atomic E-state index is 0.00522. The fourth-order valence-electron chi connectivity index (χ4n) is 4.48. The molecule has 0 radical (unpaired) electrons. The molecule has 4 heterocycles. The van der Waals surface area contributed by atoms with Gasteiger partial charge in [-0.3, -0.25) is 9.78 Å². The van der Waals surface area contributed by atoms with Crippen LogP contribution in [-0.2, 0) is 27.0 Å². The molecule has 1 aromatic rings. The third kappa shape index (κ3) is 5.03. The molecule has 0 saturated carbocycles. The number of pyridine rings is 1. The molecule has 0 bridgehead atoms. The molecule has 5 unspecified atom stereocenters. The van der Waals surface area contributed by atoms with Crippen LogP contribution in [0.1, 0.15) is 30.4 Å². The molecule has 0 spiro atoms. The summed E-state index contributed by atoms with van der Waals surface area (Å²) < 4.78 is 77.3. The zero-order valence-electron chi connectivity index (χ0n) is 17.0. The van der Waals surface area contributed by atoms with Crippen molar-refractivity contribution in [1.29, 1.82) is 0 Å². The number of carbonyl (C=O) groups is 1. The molecule has 3 aliphatic rings. The van der Waals surface area contributed by atoms with Crippen molar-refractivity contribution >= 4 is 5.91 Å². The number of aliphatic hydroxyl groups is 1. The number of alkyl halides is 5. The maximum absolute atomic E-state index is 13.3. The van der Waals surface area contributed by atoms with Gasteiger partial charge in [0.25, 0.3) is 5.92 Å².